The van der Waals surface area contributed by atoms with Crippen molar-refractivity contribution in [2.24, 2.45) is 0 Å². The molecule has 0 amide bonds. The SMILES string of the molecule is O=C1Cc2ccc(S(=O)(=O)Nc3ccc(C(O)(C(F)(F)F)C(F)(F)F)cc3F)cc2O1. The molecule has 0 bridgehead atoms. The third-order valence-electron chi connectivity index (χ3n) is 4.36. The number of anilines is 1. The van der Waals surface area contributed by atoms with Crippen LogP contribution in [0.15, 0.2) is 41.3 Å². The zero-order valence-corrected chi connectivity index (χ0v) is 15.6. The minimum Gasteiger partial charge on any atom is -0.426 e. The molecule has 6 nitrogen and oxygen atoms in total. The maximum absolute atomic E-state index is 14.2. The van der Waals surface area contributed by atoms with Gasteiger partial charge in [0.15, 0.2) is 0 Å². The third-order valence-corrected chi connectivity index (χ3v) is 5.72. The summed E-state index contributed by atoms with van der Waals surface area (Å²) in [4.78, 5) is 10.7. The summed E-state index contributed by atoms with van der Waals surface area (Å²) in [5.74, 6) is -2.51. The first-order valence-electron chi connectivity index (χ1n) is 8.08. The van der Waals surface area contributed by atoms with Gasteiger partial charge >= 0.3 is 18.3 Å². The van der Waals surface area contributed by atoms with Crippen molar-refractivity contribution in [3.63, 3.8) is 0 Å². The van der Waals surface area contributed by atoms with Crippen LogP contribution < -0.4 is 9.46 Å². The second-order valence-electron chi connectivity index (χ2n) is 6.43. The molecule has 1 aliphatic rings. The van der Waals surface area contributed by atoms with Crippen molar-refractivity contribution in [1.29, 1.82) is 0 Å². The minimum atomic E-state index is -6.24. The lowest BCUT2D eigenvalue weighted by molar-refractivity contribution is -0.376. The first-order valence-corrected chi connectivity index (χ1v) is 9.57. The van der Waals surface area contributed by atoms with Gasteiger partial charge in [-0.1, -0.05) is 12.1 Å². The van der Waals surface area contributed by atoms with E-state index < -0.39 is 55.9 Å². The summed E-state index contributed by atoms with van der Waals surface area (Å²) in [6, 6.07) is 3.36. The van der Waals surface area contributed by atoms with Gasteiger partial charge in [-0.2, -0.15) is 26.3 Å². The van der Waals surface area contributed by atoms with Crippen molar-refractivity contribution in [1.82, 2.24) is 0 Å². The van der Waals surface area contributed by atoms with Crippen LogP contribution in [-0.2, 0) is 26.8 Å². The summed E-state index contributed by atoms with van der Waals surface area (Å²) < 4.78 is 123. The van der Waals surface area contributed by atoms with Crippen LogP contribution in [0.3, 0.4) is 0 Å². The summed E-state index contributed by atoms with van der Waals surface area (Å²) in [5, 5.41) is 9.30. The Hall–Kier alpha value is -2.87. The van der Waals surface area contributed by atoms with Gasteiger partial charge in [-0.3, -0.25) is 9.52 Å². The number of rotatable bonds is 4. The molecule has 0 spiro atoms. The van der Waals surface area contributed by atoms with Crippen LogP contribution in [0, 0.1) is 5.82 Å². The number of carbonyl (C=O) groups is 1. The molecule has 0 atom stereocenters. The van der Waals surface area contributed by atoms with Crippen molar-refractivity contribution in [2.45, 2.75) is 29.3 Å². The standard InChI is InChI=1S/C17H10F7NO5S/c18-11-6-9(15(27,16(19,20)21)17(22,23)24)2-4-12(11)25-31(28,29)10-3-1-8-5-14(26)30-13(8)7-10/h1-4,6-7,25,27H,5H2. The van der Waals surface area contributed by atoms with Crippen molar-refractivity contribution in [2.75, 3.05) is 4.72 Å². The van der Waals surface area contributed by atoms with Crippen LogP contribution >= 0.6 is 0 Å². The van der Waals surface area contributed by atoms with E-state index in [1.54, 1.807) is 4.72 Å². The highest BCUT2D eigenvalue weighted by Crippen LogP contribution is 2.50. The van der Waals surface area contributed by atoms with Gasteiger partial charge in [-0.25, -0.2) is 12.8 Å². The van der Waals surface area contributed by atoms with Crippen molar-refractivity contribution in [3.05, 3.63) is 53.3 Å². The third kappa shape index (κ3) is 3.92. The lowest BCUT2D eigenvalue weighted by atomic mass is 9.92. The summed E-state index contributed by atoms with van der Waals surface area (Å²) in [7, 11) is -4.57. The fourth-order valence-electron chi connectivity index (χ4n) is 2.77. The number of sulfonamides is 1. The number of carbonyl (C=O) groups excluding carboxylic acids is 1. The monoisotopic (exact) mass is 473 g/mol. The summed E-state index contributed by atoms with van der Waals surface area (Å²) >= 11 is 0. The minimum absolute atomic E-state index is 0.0656. The molecule has 1 heterocycles. The number of benzene rings is 2. The van der Waals surface area contributed by atoms with Gasteiger partial charge in [-0.05, 0) is 18.2 Å². The quantitative estimate of drug-likeness (QED) is 0.404. The number of fused-ring (bicyclic) bond motifs is 1. The Morgan fingerprint density at radius 3 is 2.13 bits per heavy atom. The lowest BCUT2D eigenvalue weighted by Gasteiger charge is -2.32. The van der Waals surface area contributed by atoms with Gasteiger partial charge in [-0.15, -0.1) is 0 Å². The Kier molecular flexibility index (Phi) is 5.21. The summed E-state index contributed by atoms with van der Waals surface area (Å²) in [5.41, 5.74) is -7.86. The Balaban J connectivity index is 1.95. The molecule has 0 fully saturated rings. The van der Waals surface area contributed by atoms with Crippen molar-refractivity contribution < 1.29 is 53.8 Å². The largest absolute Gasteiger partial charge is 0.430 e. The maximum Gasteiger partial charge on any atom is 0.430 e. The van der Waals surface area contributed by atoms with E-state index in [1.165, 1.54) is 6.07 Å². The van der Waals surface area contributed by atoms with Gasteiger partial charge in [0.25, 0.3) is 15.6 Å². The first-order chi connectivity index (χ1) is 14.1. The predicted octanol–water partition coefficient (Wildman–Crippen LogP) is 3.40. The molecule has 0 unspecified atom stereocenters. The average molecular weight is 473 g/mol. The zero-order valence-electron chi connectivity index (χ0n) is 14.8. The fourth-order valence-corrected chi connectivity index (χ4v) is 3.85. The number of hydrogen-bond acceptors (Lipinski definition) is 5. The lowest BCUT2D eigenvalue weighted by Crippen LogP contribution is -2.54. The molecule has 0 radical (unpaired) electrons. The van der Waals surface area contributed by atoms with Crippen LogP contribution in [0.5, 0.6) is 5.75 Å². The molecular formula is C17H10F7NO5S. The van der Waals surface area contributed by atoms with Crippen molar-refractivity contribution >= 4 is 21.7 Å². The number of ether oxygens (including phenoxy) is 1. The van der Waals surface area contributed by atoms with E-state index in [2.05, 4.69) is 0 Å². The van der Waals surface area contributed by atoms with E-state index >= 15 is 0 Å². The Morgan fingerprint density at radius 2 is 1.58 bits per heavy atom. The van der Waals surface area contributed by atoms with Gasteiger partial charge in [0.1, 0.15) is 11.6 Å². The molecule has 168 valence electrons. The molecule has 0 saturated heterocycles. The van der Waals surface area contributed by atoms with Gasteiger partial charge in [0.05, 0.1) is 17.0 Å². The fraction of sp³-hybridized carbons (Fsp3) is 0.235. The van der Waals surface area contributed by atoms with Crippen LogP contribution in [0.2, 0.25) is 0 Å². The topological polar surface area (TPSA) is 92.7 Å². The highest BCUT2D eigenvalue weighted by Gasteiger charge is 2.71. The number of nitrogens with one attached hydrogen (secondary N) is 1. The van der Waals surface area contributed by atoms with Crippen LogP contribution in [0.25, 0.3) is 0 Å². The highest BCUT2D eigenvalue weighted by molar-refractivity contribution is 7.92. The smallest absolute Gasteiger partial charge is 0.426 e. The Morgan fingerprint density at radius 1 is 0.968 bits per heavy atom. The predicted molar refractivity (Wildman–Crippen MR) is 89.0 cm³/mol. The molecule has 0 aromatic heterocycles. The van der Waals surface area contributed by atoms with Gasteiger partial charge in [0, 0.05) is 17.2 Å². The zero-order chi connectivity index (χ0) is 23.4. The van der Waals surface area contributed by atoms with Crippen LogP contribution in [-0.4, -0.2) is 31.8 Å². The number of alkyl halides is 6. The molecule has 2 aromatic rings. The Labute approximate surface area is 169 Å². The first kappa shape index (κ1) is 22.8. The average Bonchev–Trinajstić information content (AvgIpc) is 2.99. The molecule has 2 N–H and O–H groups in total. The maximum atomic E-state index is 14.2. The molecular weight excluding hydrogens is 463 g/mol. The molecule has 14 heteroatoms. The van der Waals surface area contributed by atoms with E-state index in [1.807, 2.05) is 0 Å². The highest BCUT2D eigenvalue weighted by atomic mass is 32.2. The molecule has 2 aromatic carbocycles. The number of aliphatic hydroxyl groups is 1. The molecule has 3 rings (SSSR count). The van der Waals surface area contributed by atoms with Crippen LogP contribution in [0.1, 0.15) is 11.1 Å². The summed E-state index contributed by atoms with van der Waals surface area (Å²) in [6.45, 7) is 0. The second-order valence-corrected chi connectivity index (χ2v) is 8.11. The van der Waals surface area contributed by atoms with E-state index in [0.29, 0.717) is 11.6 Å². The van der Waals surface area contributed by atoms with Crippen molar-refractivity contribution in [3.8, 4) is 5.75 Å². The second kappa shape index (κ2) is 7.09. The number of halogens is 7. The normalized spacial score (nSPS) is 14.9. The van der Waals surface area contributed by atoms with E-state index in [4.69, 9.17) is 4.74 Å². The molecule has 31 heavy (non-hydrogen) atoms. The van der Waals surface area contributed by atoms with E-state index in [-0.39, 0.29) is 24.3 Å². The van der Waals surface area contributed by atoms with Gasteiger partial charge in [0.2, 0.25) is 0 Å². The van der Waals surface area contributed by atoms with Crippen LogP contribution in [0.4, 0.5) is 36.4 Å². The number of esters is 1. The molecule has 0 aliphatic carbocycles. The van der Waals surface area contributed by atoms with Gasteiger partial charge < -0.3 is 9.84 Å². The molecule has 1 aliphatic heterocycles. The van der Waals surface area contributed by atoms with E-state index in [9.17, 15) is 49.1 Å². The Bertz CT molecular complexity index is 1140. The number of hydrogen-bond donors (Lipinski definition) is 2. The summed E-state index contributed by atoms with van der Waals surface area (Å²) in [6.07, 6.45) is -12.6. The van der Waals surface area contributed by atoms with E-state index in [0.717, 1.165) is 12.1 Å². The molecule has 0 saturated carbocycles.